The number of anilines is 1. The van der Waals surface area contributed by atoms with Crippen molar-refractivity contribution in [1.82, 2.24) is 4.90 Å². The molecule has 0 radical (unpaired) electrons. The molecule has 1 atom stereocenters. The molecule has 1 unspecified atom stereocenters. The van der Waals surface area contributed by atoms with E-state index in [1.165, 1.54) is 11.0 Å². The van der Waals surface area contributed by atoms with Crippen LogP contribution in [0.2, 0.25) is 0 Å². The number of hydrogen-bond donors (Lipinski definition) is 1. The highest BCUT2D eigenvalue weighted by Gasteiger charge is 2.35. The molecule has 0 bridgehead atoms. The fraction of sp³-hybridized carbons (Fsp3) is 0.533. The maximum absolute atomic E-state index is 12.6. The number of carbonyl (C=O) groups is 1. The molecule has 0 aromatic heterocycles. The van der Waals surface area contributed by atoms with Crippen LogP contribution in [-0.4, -0.2) is 30.2 Å². The van der Waals surface area contributed by atoms with Crippen molar-refractivity contribution in [3.8, 4) is 0 Å². The normalized spacial score (nSPS) is 19.2. The number of carbonyl (C=O) groups excluding carboxylic acids is 1. The molecule has 1 aromatic carbocycles. The number of halogens is 6. The molecule has 1 saturated heterocycles. The highest BCUT2D eigenvalue weighted by Crippen LogP contribution is 2.32. The number of hydrogen-bond acceptors (Lipinski definition) is 1. The van der Waals surface area contributed by atoms with E-state index in [0.717, 1.165) is 18.2 Å². The van der Waals surface area contributed by atoms with Gasteiger partial charge in [-0.25, -0.2) is 4.79 Å². The minimum atomic E-state index is -4.54. The Bertz CT molecular complexity index is 584. The molecule has 1 heterocycles. The fourth-order valence-corrected chi connectivity index (χ4v) is 2.72. The second-order valence-corrected chi connectivity index (χ2v) is 5.78. The van der Waals surface area contributed by atoms with E-state index in [-0.39, 0.29) is 18.8 Å². The van der Waals surface area contributed by atoms with E-state index in [9.17, 15) is 31.1 Å². The van der Waals surface area contributed by atoms with E-state index in [1.807, 2.05) is 0 Å². The van der Waals surface area contributed by atoms with Crippen molar-refractivity contribution >= 4 is 11.7 Å². The van der Waals surface area contributed by atoms with Gasteiger partial charge in [-0.15, -0.1) is 0 Å². The van der Waals surface area contributed by atoms with Crippen LogP contribution in [0, 0.1) is 5.92 Å². The van der Waals surface area contributed by atoms with E-state index in [1.54, 1.807) is 0 Å². The van der Waals surface area contributed by atoms with Gasteiger partial charge in [0.1, 0.15) is 0 Å². The zero-order valence-corrected chi connectivity index (χ0v) is 12.5. The SMILES string of the molecule is O=C(Nc1cccc(C(F)(F)F)c1)N1CCCC(CC(F)(F)F)C1. The van der Waals surface area contributed by atoms with Crippen molar-refractivity contribution in [3.63, 3.8) is 0 Å². The smallest absolute Gasteiger partial charge is 0.324 e. The lowest BCUT2D eigenvalue weighted by Gasteiger charge is -2.33. The largest absolute Gasteiger partial charge is 0.416 e. The standard InChI is InChI=1S/C15H16F6N2O/c16-14(17,18)8-10-3-2-6-23(9-10)13(24)22-12-5-1-4-11(7-12)15(19,20)21/h1,4-5,7,10H,2-3,6,8-9H2,(H,22,24). The molecule has 2 amide bonds. The molecular weight excluding hydrogens is 338 g/mol. The quantitative estimate of drug-likeness (QED) is 0.753. The maximum Gasteiger partial charge on any atom is 0.416 e. The number of rotatable bonds is 2. The van der Waals surface area contributed by atoms with E-state index >= 15 is 0 Å². The van der Waals surface area contributed by atoms with Crippen LogP contribution in [-0.2, 0) is 6.18 Å². The van der Waals surface area contributed by atoms with Gasteiger partial charge >= 0.3 is 18.4 Å². The van der Waals surface area contributed by atoms with Crippen molar-refractivity contribution in [2.75, 3.05) is 18.4 Å². The Balaban J connectivity index is 1.99. The minimum Gasteiger partial charge on any atom is -0.324 e. The minimum absolute atomic E-state index is 0.0484. The van der Waals surface area contributed by atoms with Gasteiger partial charge in [0.2, 0.25) is 0 Å². The molecule has 9 heteroatoms. The molecule has 1 aliphatic heterocycles. The summed E-state index contributed by atoms with van der Waals surface area (Å²) in [4.78, 5) is 13.3. The number of nitrogens with one attached hydrogen (secondary N) is 1. The Morgan fingerprint density at radius 3 is 2.54 bits per heavy atom. The molecule has 1 fully saturated rings. The molecule has 3 nitrogen and oxygen atoms in total. The number of likely N-dealkylation sites (tertiary alicyclic amines) is 1. The van der Waals surface area contributed by atoms with E-state index in [2.05, 4.69) is 5.32 Å². The van der Waals surface area contributed by atoms with Crippen molar-refractivity contribution in [1.29, 1.82) is 0 Å². The van der Waals surface area contributed by atoms with Gasteiger partial charge in [0.25, 0.3) is 0 Å². The molecule has 1 aromatic rings. The lowest BCUT2D eigenvalue weighted by molar-refractivity contribution is -0.147. The summed E-state index contributed by atoms with van der Waals surface area (Å²) in [7, 11) is 0. The number of urea groups is 1. The first kappa shape index (κ1) is 18.4. The van der Waals surface area contributed by atoms with Crippen LogP contribution < -0.4 is 5.32 Å². The predicted octanol–water partition coefficient (Wildman–Crippen LogP) is 4.90. The maximum atomic E-state index is 12.6. The summed E-state index contributed by atoms with van der Waals surface area (Å²) < 4.78 is 75.3. The Morgan fingerprint density at radius 2 is 1.92 bits per heavy atom. The van der Waals surface area contributed by atoms with Crippen LogP contribution in [0.4, 0.5) is 36.8 Å². The molecular formula is C15H16F6N2O. The van der Waals surface area contributed by atoms with Crippen LogP contribution in [0.1, 0.15) is 24.8 Å². The van der Waals surface area contributed by atoms with Gasteiger partial charge in [0.15, 0.2) is 0 Å². The average molecular weight is 354 g/mol. The Hall–Kier alpha value is -1.93. The third-order valence-corrected chi connectivity index (χ3v) is 3.77. The second kappa shape index (κ2) is 6.90. The third-order valence-electron chi connectivity index (χ3n) is 3.77. The average Bonchev–Trinajstić information content (AvgIpc) is 2.45. The van der Waals surface area contributed by atoms with Crippen molar-refractivity contribution < 1.29 is 31.1 Å². The van der Waals surface area contributed by atoms with Gasteiger partial charge in [-0.05, 0) is 37.0 Å². The number of amides is 2. The summed E-state index contributed by atoms with van der Waals surface area (Å²) in [6.07, 6.45) is -9.02. The first-order valence-corrected chi connectivity index (χ1v) is 7.34. The first-order chi connectivity index (χ1) is 11.0. The van der Waals surface area contributed by atoms with Gasteiger partial charge in [0, 0.05) is 25.2 Å². The highest BCUT2D eigenvalue weighted by atomic mass is 19.4. The summed E-state index contributed by atoms with van der Waals surface area (Å²) in [5.74, 6) is -0.689. The van der Waals surface area contributed by atoms with Crippen LogP contribution in [0.5, 0.6) is 0 Å². The molecule has 1 aliphatic rings. The van der Waals surface area contributed by atoms with Crippen LogP contribution in [0.15, 0.2) is 24.3 Å². The number of benzene rings is 1. The lowest BCUT2D eigenvalue weighted by atomic mass is 9.95. The van der Waals surface area contributed by atoms with Crippen molar-refractivity contribution in [3.05, 3.63) is 29.8 Å². The Labute approximate surface area is 134 Å². The van der Waals surface area contributed by atoms with E-state index in [4.69, 9.17) is 0 Å². The van der Waals surface area contributed by atoms with Gasteiger partial charge < -0.3 is 10.2 Å². The zero-order chi connectivity index (χ0) is 18.0. The van der Waals surface area contributed by atoms with Crippen molar-refractivity contribution in [2.45, 2.75) is 31.6 Å². The third kappa shape index (κ3) is 5.31. The van der Waals surface area contributed by atoms with Crippen molar-refractivity contribution in [2.24, 2.45) is 5.92 Å². The molecule has 1 N–H and O–H groups in total. The van der Waals surface area contributed by atoms with Gasteiger partial charge in [0.05, 0.1) is 5.56 Å². The number of piperidine rings is 1. The summed E-state index contributed by atoms with van der Waals surface area (Å²) in [6, 6.07) is 3.41. The molecule has 0 saturated carbocycles. The van der Waals surface area contributed by atoms with Gasteiger partial charge in [-0.3, -0.25) is 0 Å². The first-order valence-electron chi connectivity index (χ1n) is 7.34. The molecule has 0 spiro atoms. The Kier molecular flexibility index (Phi) is 5.29. The monoisotopic (exact) mass is 354 g/mol. The van der Waals surface area contributed by atoms with Gasteiger partial charge in [-0.1, -0.05) is 6.07 Å². The lowest BCUT2D eigenvalue weighted by Crippen LogP contribution is -2.43. The molecule has 2 rings (SSSR count). The summed E-state index contributed by atoms with van der Waals surface area (Å²) in [5.41, 5.74) is -0.957. The summed E-state index contributed by atoms with van der Waals surface area (Å²) in [5, 5.41) is 2.31. The van der Waals surface area contributed by atoms with E-state index < -0.39 is 36.3 Å². The summed E-state index contributed by atoms with van der Waals surface area (Å²) in [6.45, 7) is 0.212. The number of alkyl halides is 6. The van der Waals surface area contributed by atoms with Gasteiger partial charge in [-0.2, -0.15) is 26.3 Å². The number of nitrogens with zero attached hydrogens (tertiary/aromatic N) is 1. The molecule has 134 valence electrons. The van der Waals surface area contributed by atoms with E-state index in [0.29, 0.717) is 12.8 Å². The second-order valence-electron chi connectivity index (χ2n) is 5.78. The molecule has 24 heavy (non-hydrogen) atoms. The fourth-order valence-electron chi connectivity index (χ4n) is 2.72. The molecule has 0 aliphatic carbocycles. The topological polar surface area (TPSA) is 32.3 Å². The zero-order valence-electron chi connectivity index (χ0n) is 12.5. The van der Waals surface area contributed by atoms with Crippen LogP contribution in [0.3, 0.4) is 0 Å². The van der Waals surface area contributed by atoms with Crippen LogP contribution >= 0.6 is 0 Å². The van der Waals surface area contributed by atoms with Crippen LogP contribution in [0.25, 0.3) is 0 Å². The highest BCUT2D eigenvalue weighted by molar-refractivity contribution is 5.89. The Morgan fingerprint density at radius 1 is 1.21 bits per heavy atom. The summed E-state index contributed by atoms with van der Waals surface area (Å²) >= 11 is 0. The predicted molar refractivity (Wildman–Crippen MR) is 75.4 cm³/mol.